The first-order valence-corrected chi connectivity index (χ1v) is 18.3. The lowest BCUT2D eigenvalue weighted by Gasteiger charge is -2.34. The van der Waals surface area contributed by atoms with Crippen molar-refractivity contribution in [2.24, 2.45) is 0 Å². The number of unbranched alkanes of at least 4 members (excludes halogenated alkanes) is 1. The van der Waals surface area contributed by atoms with E-state index in [-0.39, 0.29) is 29.7 Å². The largest absolute Gasteiger partial charge is 0.354 e. The van der Waals surface area contributed by atoms with E-state index in [2.05, 4.69) is 19.2 Å². The molecule has 1 atom stereocenters. The molecule has 0 aliphatic carbocycles. The van der Waals surface area contributed by atoms with Crippen molar-refractivity contribution in [1.29, 1.82) is 0 Å². The number of amides is 2. The Kier molecular flexibility index (Phi) is 13.1. The third-order valence-corrected chi connectivity index (χ3v) is 10.6. The van der Waals surface area contributed by atoms with Crippen LogP contribution in [0.5, 0.6) is 0 Å². The van der Waals surface area contributed by atoms with Crippen molar-refractivity contribution in [1.82, 2.24) is 10.2 Å². The second-order valence-electron chi connectivity index (χ2n) is 12.2. The van der Waals surface area contributed by atoms with Gasteiger partial charge in [-0.3, -0.25) is 13.9 Å². The first-order chi connectivity index (χ1) is 22.9. The molecule has 0 aliphatic rings. The Bertz CT molecular complexity index is 1780. The van der Waals surface area contributed by atoms with Crippen molar-refractivity contribution in [2.75, 3.05) is 17.4 Å². The third-order valence-electron chi connectivity index (χ3n) is 8.19. The molecule has 4 rings (SSSR count). The second-order valence-corrected chi connectivity index (χ2v) is 14.9. The molecule has 0 radical (unpaired) electrons. The van der Waals surface area contributed by atoms with Gasteiger partial charge in [0.15, 0.2) is 0 Å². The van der Waals surface area contributed by atoms with Crippen molar-refractivity contribution < 1.29 is 18.0 Å². The first-order valence-electron chi connectivity index (χ1n) is 16.1. The van der Waals surface area contributed by atoms with Crippen LogP contribution < -0.4 is 9.62 Å². The summed E-state index contributed by atoms with van der Waals surface area (Å²) in [6.07, 6.45) is 1.87. The lowest BCUT2D eigenvalue weighted by atomic mass is 10.0. The molecule has 0 heterocycles. The number of aryl methyl sites for hydroxylation is 1. The molecule has 254 valence electrons. The highest BCUT2D eigenvalue weighted by Gasteiger charge is 2.35. The van der Waals surface area contributed by atoms with Gasteiger partial charge in [0.1, 0.15) is 12.6 Å². The number of nitrogens with zero attached hydrogens (tertiary/aromatic N) is 2. The number of rotatable bonds is 15. The average Bonchev–Trinajstić information content (AvgIpc) is 3.06. The van der Waals surface area contributed by atoms with E-state index < -0.39 is 28.5 Å². The quantitative estimate of drug-likeness (QED) is 0.126. The van der Waals surface area contributed by atoms with Crippen molar-refractivity contribution in [3.63, 3.8) is 0 Å². The van der Waals surface area contributed by atoms with Gasteiger partial charge < -0.3 is 10.2 Å². The molecule has 0 aliphatic heterocycles. The number of hydrogen-bond donors (Lipinski definition) is 1. The van der Waals surface area contributed by atoms with E-state index in [9.17, 15) is 18.0 Å². The van der Waals surface area contributed by atoms with Crippen LogP contribution in [0.25, 0.3) is 0 Å². The maximum atomic E-state index is 14.7. The first kappa shape index (κ1) is 37.0. The molecule has 0 spiro atoms. The number of benzene rings is 4. The molecule has 1 unspecified atom stereocenters. The fourth-order valence-electron chi connectivity index (χ4n) is 5.29. The molecule has 48 heavy (non-hydrogen) atoms. The van der Waals surface area contributed by atoms with Gasteiger partial charge in [-0.1, -0.05) is 117 Å². The Labute approximate surface area is 294 Å². The van der Waals surface area contributed by atoms with Gasteiger partial charge in [-0.2, -0.15) is 0 Å². The predicted molar refractivity (Wildman–Crippen MR) is 195 cm³/mol. The Morgan fingerprint density at radius 2 is 1.54 bits per heavy atom. The Morgan fingerprint density at radius 1 is 0.875 bits per heavy atom. The zero-order valence-electron chi connectivity index (χ0n) is 27.8. The molecule has 4 aromatic rings. The van der Waals surface area contributed by atoms with E-state index in [1.807, 2.05) is 56.3 Å². The molecule has 4 aromatic carbocycles. The zero-order chi connectivity index (χ0) is 34.8. The van der Waals surface area contributed by atoms with Gasteiger partial charge in [-0.05, 0) is 72.4 Å². The maximum absolute atomic E-state index is 14.7. The highest BCUT2D eigenvalue weighted by atomic mass is 35.5. The van der Waals surface area contributed by atoms with Gasteiger partial charge in [0.25, 0.3) is 10.0 Å². The van der Waals surface area contributed by atoms with E-state index in [4.69, 9.17) is 23.2 Å². The van der Waals surface area contributed by atoms with Crippen LogP contribution in [0.1, 0.15) is 61.8 Å². The molecule has 0 bridgehead atoms. The highest BCUT2D eigenvalue weighted by Crippen LogP contribution is 2.28. The van der Waals surface area contributed by atoms with Crippen LogP contribution in [0.15, 0.2) is 102 Å². The zero-order valence-corrected chi connectivity index (χ0v) is 30.2. The van der Waals surface area contributed by atoms with Crippen LogP contribution >= 0.6 is 23.2 Å². The monoisotopic (exact) mass is 707 g/mol. The minimum absolute atomic E-state index is 0.0434. The van der Waals surface area contributed by atoms with E-state index in [0.717, 1.165) is 33.8 Å². The molecule has 10 heteroatoms. The van der Waals surface area contributed by atoms with Crippen LogP contribution in [0.4, 0.5) is 5.69 Å². The van der Waals surface area contributed by atoms with Gasteiger partial charge in [0.2, 0.25) is 11.8 Å². The van der Waals surface area contributed by atoms with Crippen molar-refractivity contribution >= 4 is 50.7 Å². The Hall–Kier alpha value is -3.85. The standard InChI is InChI=1S/C38H43Cl2N3O4S/c1-5-6-22-41-38(45)36(23-29-10-8-7-9-11-29)42(25-31-14-17-32(39)24-35(31)40)37(44)26-43(33-18-15-30(16-19-33)27(2)3)48(46,47)34-20-12-28(4)13-21-34/h7-21,24,27,36H,5-6,22-23,25-26H2,1-4H3,(H,41,45). The SMILES string of the molecule is CCCCNC(=O)C(Cc1ccccc1)N(Cc1ccc(Cl)cc1Cl)C(=O)CN(c1ccc(C(C)C)cc1)S(=O)(=O)c1ccc(C)cc1. The number of carbonyl (C=O) groups excluding carboxylic acids is 2. The summed E-state index contributed by atoms with van der Waals surface area (Å²) in [5.41, 5.74) is 3.69. The summed E-state index contributed by atoms with van der Waals surface area (Å²) in [4.78, 5) is 30.1. The third kappa shape index (κ3) is 9.62. The summed E-state index contributed by atoms with van der Waals surface area (Å²) in [5, 5.41) is 3.76. The van der Waals surface area contributed by atoms with E-state index in [1.54, 1.807) is 42.5 Å². The highest BCUT2D eigenvalue weighted by molar-refractivity contribution is 7.92. The average molecular weight is 709 g/mol. The molecule has 0 fully saturated rings. The summed E-state index contributed by atoms with van der Waals surface area (Å²) >= 11 is 12.8. The molecule has 1 N–H and O–H groups in total. The van der Waals surface area contributed by atoms with Gasteiger partial charge in [0.05, 0.1) is 10.6 Å². The summed E-state index contributed by atoms with van der Waals surface area (Å²) < 4.78 is 29.7. The van der Waals surface area contributed by atoms with Crippen molar-refractivity contribution in [3.8, 4) is 0 Å². The molecular weight excluding hydrogens is 665 g/mol. The van der Waals surface area contributed by atoms with Crippen LogP contribution in [0.2, 0.25) is 10.0 Å². The maximum Gasteiger partial charge on any atom is 0.264 e. The lowest BCUT2D eigenvalue weighted by Crippen LogP contribution is -2.53. The number of carbonyl (C=O) groups is 2. The minimum Gasteiger partial charge on any atom is -0.354 e. The number of halogens is 2. The summed E-state index contributed by atoms with van der Waals surface area (Å²) in [7, 11) is -4.20. The van der Waals surface area contributed by atoms with Crippen LogP contribution in [-0.2, 0) is 32.6 Å². The van der Waals surface area contributed by atoms with Gasteiger partial charge in [-0.25, -0.2) is 8.42 Å². The van der Waals surface area contributed by atoms with Gasteiger partial charge in [0, 0.05) is 29.6 Å². The molecule has 7 nitrogen and oxygen atoms in total. The van der Waals surface area contributed by atoms with Crippen LogP contribution in [-0.4, -0.2) is 44.3 Å². The molecule has 0 saturated carbocycles. The molecular formula is C38H43Cl2N3O4S. The Balaban J connectivity index is 1.82. The number of sulfonamides is 1. The number of hydrogen-bond acceptors (Lipinski definition) is 4. The lowest BCUT2D eigenvalue weighted by molar-refractivity contribution is -0.140. The van der Waals surface area contributed by atoms with Crippen molar-refractivity contribution in [3.05, 3.63) is 129 Å². The topological polar surface area (TPSA) is 86.8 Å². The summed E-state index contributed by atoms with van der Waals surface area (Å²) in [6, 6.07) is 27.1. The van der Waals surface area contributed by atoms with Gasteiger partial charge in [-0.15, -0.1) is 0 Å². The predicted octanol–water partition coefficient (Wildman–Crippen LogP) is 8.18. The fraction of sp³-hybridized carbons (Fsp3) is 0.316. The second kappa shape index (κ2) is 17.0. The smallest absolute Gasteiger partial charge is 0.264 e. The van der Waals surface area contributed by atoms with Gasteiger partial charge >= 0.3 is 0 Å². The minimum atomic E-state index is -4.20. The van der Waals surface area contributed by atoms with Crippen LogP contribution in [0, 0.1) is 6.92 Å². The van der Waals surface area contributed by atoms with Crippen LogP contribution in [0.3, 0.4) is 0 Å². The summed E-state index contributed by atoms with van der Waals surface area (Å²) in [5.74, 6) is -0.663. The van der Waals surface area contributed by atoms with E-state index in [1.165, 1.54) is 17.0 Å². The molecule has 0 saturated heterocycles. The number of nitrogens with one attached hydrogen (secondary N) is 1. The Morgan fingerprint density at radius 3 is 2.15 bits per heavy atom. The number of anilines is 1. The fourth-order valence-corrected chi connectivity index (χ4v) is 7.17. The van der Waals surface area contributed by atoms with E-state index in [0.29, 0.717) is 27.8 Å². The van der Waals surface area contributed by atoms with Crippen molar-refractivity contribution in [2.45, 2.75) is 70.4 Å². The normalized spacial score (nSPS) is 12.1. The molecule has 0 aromatic heterocycles. The van der Waals surface area contributed by atoms with E-state index >= 15 is 0 Å². The summed E-state index contributed by atoms with van der Waals surface area (Å²) in [6.45, 7) is 7.87. The molecule has 2 amide bonds.